The van der Waals surface area contributed by atoms with E-state index in [1.54, 1.807) is 4.68 Å². The summed E-state index contributed by atoms with van der Waals surface area (Å²) in [5, 5.41) is 15.2. The summed E-state index contributed by atoms with van der Waals surface area (Å²) in [5.41, 5.74) is 2.45. The number of aromatic nitrogens is 2. The van der Waals surface area contributed by atoms with Crippen molar-refractivity contribution in [2.45, 2.75) is 39.4 Å². The molecule has 0 amide bonds. The molecule has 1 atom stereocenters. The number of aliphatic hydroxyl groups excluding tert-OH is 1. The van der Waals surface area contributed by atoms with E-state index < -0.39 is 6.10 Å². The average Bonchev–Trinajstić information content (AvgIpc) is 2.65. The Balaban J connectivity index is 2.11. The first-order valence-electron chi connectivity index (χ1n) is 7.01. The van der Waals surface area contributed by atoms with Gasteiger partial charge in [-0.05, 0) is 38.5 Å². The second kappa shape index (κ2) is 6.50. The number of hydrogen-bond acceptors (Lipinski definition) is 3. The summed E-state index contributed by atoms with van der Waals surface area (Å²) < 4.78 is 7.31. The van der Waals surface area contributed by atoms with Gasteiger partial charge in [-0.25, -0.2) is 0 Å². The minimum atomic E-state index is -0.620. The van der Waals surface area contributed by atoms with Crippen LogP contribution in [0.3, 0.4) is 0 Å². The Labute approximate surface area is 130 Å². The number of aryl methyl sites for hydroxylation is 2. The van der Waals surface area contributed by atoms with Crippen molar-refractivity contribution in [3.63, 3.8) is 0 Å². The molecule has 0 aliphatic rings. The highest BCUT2D eigenvalue weighted by molar-refractivity contribution is 6.31. The smallest absolute Gasteiger partial charge is 0.119 e. The van der Waals surface area contributed by atoms with Gasteiger partial charge in [0, 0.05) is 13.5 Å². The molecule has 2 rings (SSSR count). The first-order chi connectivity index (χ1) is 9.88. The van der Waals surface area contributed by atoms with Gasteiger partial charge in [-0.3, -0.25) is 4.68 Å². The molecule has 0 spiro atoms. The lowest BCUT2D eigenvalue weighted by atomic mass is 10.0. The summed E-state index contributed by atoms with van der Waals surface area (Å²) >= 11 is 6.21. The summed E-state index contributed by atoms with van der Waals surface area (Å²) in [6.45, 7) is 5.82. The zero-order valence-electron chi connectivity index (χ0n) is 12.8. The van der Waals surface area contributed by atoms with Gasteiger partial charge in [0.25, 0.3) is 0 Å². The third-order valence-electron chi connectivity index (χ3n) is 3.28. The normalized spacial score (nSPS) is 12.7. The molecule has 0 bridgehead atoms. The predicted octanol–water partition coefficient (Wildman–Crippen LogP) is 3.45. The van der Waals surface area contributed by atoms with Crippen molar-refractivity contribution in [2.24, 2.45) is 7.05 Å². The van der Waals surface area contributed by atoms with Crippen LogP contribution in [-0.4, -0.2) is 21.0 Å². The molecule has 1 heterocycles. The standard InChI is InChI=1S/C16H21ClN2O2/c1-10(2)21-13-7-5-12(6-8-13)15(20)9-14-16(17)11(3)18-19(14)4/h5-8,10,15,20H,9H2,1-4H3. The topological polar surface area (TPSA) is 47.3 Å². The molecule has 1 unspecified atom stereocenters. The SMILES string of the molecule is Cc1nn(C)c(CC(O)c2ccc(OC(C)C)cc2)c1Cl. The number of rotatable bonds is 5. The lowest BCUT2D eigenvalue weighted by Crippen LogP contribution is -2.08. The molecule has 5 heteroatoms. The number of nitrogens with zero attached hydrogens (tertiary/aromatic N) is 2. The molecule has 1 aromatic heterocycles. The van der Waals surface area contributed by atoms with E-state index in [9.17, 15) is 5.11 Å². The largest absolute Gasteiger partial charge is 0.491 e. The number of hydrogen-bond donors (Lipinski definition) is 1. The van der Waals surface area contributed by atoms with E-state index in [0.29, 0.717) is 11.4 Å². The first kappa shape index (κ1) is 15.9. The van der Waals surface area contributed by atoms with Gasteiger partial charge in [-0.15, -0.1) is 0 Å². The van der Waals surface area contributed by atoms with E-state index in [2.05, 4.69) is 5.10 Å². The van der Waals surface area contributed by atoms with Crippen molar-refractivity contribution < 1.29 is 9.84 Å². The quantitative estimate of drug-likeness (QED) is 0.920. The van der Waals surface area contributed by atoms with E-state index in [4.69, 9.17) is 16.3 Å². The number of aliphatic hydroxyl groups is 1. The van der Waals surface area contributed by atoms with Gasteiger partial charge in [0.2, 0.25) is 0 Å². The third-order valence-corrected chi connectivity index (χ3v) is 3.78. The van der Waals surface area contributed by atoms with Crippen molar-refractivity contribution in [3.8, 4) is 5.75 Å². The fourth-order valence-electron chi connectivity index (χ4n) is 2.24. The number of benzene rings is 1. The van der Waals surface area contributed by atoms with E-state index in [1.165, 1.54) is 0 Å². The Morgan fingerprint density at radius 2 is 1.90 bits per heavy atom. The van der Waals surface area contributed by atoms with Crippen LogP contribution in [0.25, 0.3) is 0 Å². The van der Waals surface area contributed by atoms with Crippen molar-refractivity contribution in [2.75, 3.05) is 0 Å². The van der Waals surface area contributed by atoms with E-state index in [0.717, 1.165) is 22.7 Å². The van der Waals surface area contributed by atoms with Crippen molar-refractivity contribution in [1.82, 2.24) is 9.78 Å². The van der Waals surface area contributed by atoms with Crippen LogP contribution in [0.15, 0.2) is 24.3 Å². The van der Waals surface area contributed by atoms with Crippen molar-refractivity contribution >= 4 is 11.6 Å². The highest BCUT2D eigenvalue weighted by Crippen LogP contribution is 2.26. The van der Waals surface area contributed by atoms with Gasteiger partial charge in [-0.1, -0.05) is 23.7 Å². The molecule has 0 aliphatic heterocycles. The van der Waals surface area contributed by atoms with Gasteiger partial charge in [0.05, 0.1) is 28.6 Å². The van der Waals surface area contributed by atoms with E-state index >= 15 is 0 Å². The maximum absolute atomic E-state index is 10.4. The van der Waals surface area contributed by atoms with E-state index in [-0.39, 0.29) is 6.10 Å². The molecule has 0 aliphatic carbocycles. The molecule has 1 N–H and O–H groups in total. The second-order valence-electron chi connectivity index (χ2n) is 5.43. The molecule has 0 saturated heterocycles. The number of ether oxygens (including phenoxy) is 1. The van der Waals surface area contributed by atoms with Crippen molar-refractivity contribution in [3.05, 3.63) is 46.2 Å². The van der Waals surface area contributed by atoms with Gasteiger partial charge >= 0.3 is 0 Å². The maximum Gasteiger partial charge on any atom is 0.119 e. The number of halogens is 1. The first-order valence-corrected chi connectivity index (χ1v) is 7.39. The Morgan fingerprint density at radius 3 is 2.38 bits per heavy atom. The zero-order valence-corrected chi connectivity index (χ0v) is 13.6. The molecule has 1 aromatic carbocycles. The van der Waals surface area contributed by atoms with Crippen LogP contribution >= 0.6 is 11.6 Å². The summed E-state index contributed by atoms with van der Waals surface area (Å²) in [6.07, 6.45) is -0.0528. The van der Waals surface area contributed by atoms with Crippen LogP contribution in [0, 0.1) is 6.92 Å². The predicted molar refractivity (Wildman–Crippen MR) is 83.8 cm³/mol. The molecule has 0 radical (unpaired) electrons. The van der Waals surface area contributed by atoms with Gasteiger partial charge < -0.3 is 9.84 Å². The van der Waals surface area contributed by atoms with Gasteiger partial charge in [0.15, 0.2) is 0 Å². The molecular weight excluding hydrogens is 288 g/mol. The Hall–Kier alpha value is -1.52. The molecule has 114 valence electrons. The minimum Gasteiger partial charge on any atom is -0.491 e. The third kappa shape index (κ3) is 3.77. The van der Waals surface area contributed by atoms with Gasteiger partial charge in [-0.2, -0.15) is 5.10 Å². The van der Waals surface area contributed by atoms with Crippen LogP contribution < -0.4 is 4.74 Å². The Kier molecular flexibility index (Phi) is 4.91. The van der Waals surface area contributed by atoms with Crippen LogP contribution in [0.5, 0.6) is 5.75 Å². The highest BCUT2D eigenvalue weighted by Gasteiger charge is 2.16. The van der Waals surface area contributed by atoms with Gasteiger partial charge in [0.1, 0.15) is 5.75 Å². The van der Waals surface area contributed by atoms with Crippen LogP contribution in [0.1, 0.15) is 36.9 Å². The fraction of sp³-hybridized carbons (Fsp3) is 0.438. The fourth-order valence-corrected chi connectivity index (χ4v) is 2.48. The molecule has 4 nitrogen and oxygen atoms in total. The monoisotopic (exact) mass is 308 g/mol. The zero-order chi connectivity index (χ0) is 15.6. The lowest BCUT2D eigenvalue weighted by molar-refractivity contribution is 0.175. The van der Waals surface area contributed by atoms with E-state index in [1.807, 2.05) is 52.1 Å². The highest BCUT2D eigenvalue weighted by atomic mass is 35.5. The minimum absolute atomic E-state index is 0.136. The second-order valence-corrected chi connectivity index (χ2v) is 5.80. The van der Waals surface area contributed by atoms with Crippen molar-refractivity contribution in [1.29, 1.82) is 0 Å². The molecule has 2 aromatic rings. The summed E-state index contributed by atoms with van der Waals surface area (Å²) in [6, 6.07) is 7.49. The molecular formula is C16H21ClN2O2. The molecule has 0 saturated carbocycles. The summed E-state index contributed by atoms with van der Waals surface area (Å²) in [4.78, 5) is 0. The average molecular weight is 309 g/mol. The molecule has 0 fully saturated rings. The molecule has 21 heavy (non-hydrogen) atoms. The summed E-state index contributed by atoms with van der Waals surface area (Å²) in [7, 11) is 1.83. The lowest BCUT2D eigenvalue weighted by Gasteiger charge is -2.14. The Bertz CT molecular complexity index is 605. The van der Waals surface area contributed by atoms with Crippen LogP contribution in [0.4, 0.5) is 0 Å². The maximum atomic E-state index is 10.4. The van der Waals surface area contributed by atoms with Crippen LogP contribution in [0.2, 0.25) is 5.02 Å². The van der Waals surface area contributed by atoms with Crippen LogP contribution in [-0.2, 0) is 13.5 Å². The Morgan fingerprint density at radius 1 is 1.29 bits per heavy atom. The summed E-state index contributed by atoms with van der Waals surface area (Å²) in [5.74, 6) is 0.801.